The van der Waals surface area contributed by atoms with Crippen LogP contribution in [0.5, 0.6) is 0 Å². The summed E-state index contributed by atoms with van der Waals surface area (Å²) in [5.41, 5.74) is 16.5. The van der Waals surface area contributed by atoms with Crippen LogP contribution in [0.3, 0.4) is 0 Å². The van der Waals surface area contributed by atoms with Crippen molar-refractivity contribution in [3.63, 3.8) is 0 Å². The van der Waals surface area contributed by atoms with E-state index in [9.17, 15) is 4.79 Å². The maximum Gasteiger partial charge on any atom is 0.333 e. The van der Waals surface area contributed by atoms with E-state index in [0.717, 1.165) is 94.9 Å². The Morgan fingerprint density at radius 3 is 1.15 bits per heavy atom. The van der Waals surface area contributed by atoms with Crippen molar-refractivity contribution in [2.24, 2.45) is 0 Å². The first-order valence-electron chi connectivity index (χ1n) is 18.2. The predicted octanol–water partition coefficient (Wildman–Crippen LogP) is 11.9. The fraction of sp³-hybridized carbons (Fsp3) is 0.0408. The number of carbonyl (C=O) groups is 1. The van der Waals surface area contributed by atoms with Crippen molar-refractivity contribution >= 4 is 52.3 Å². The van der Waals surface area contributed by atoms with Gasteiger partial charge < -0.3 is 14.7 Å². The van der Waals surface area contributed by atoms with Gasteiger partial charge in [-0.05, 0) is 83.3 Å². The van der Waals surface area contributed by atoms with Crippen LogP contribution in [-0.4, -0.2) is 25.9 Å². The molecule has 264 valence electrons. The highest BCUT2D eigenvalue weighted by Crippen LogP contribution is 2.38. The first-order chi connectivity index (χ1) is 27.0. The summed E-state index contributed by atoms with van der Waals surface area (Å²) in [6.45, 7) is 5.50. The van der Waals surface area contributed by atoms with Crippen LogP contribution in [-0.2, 0) is 16.1 Å². The van der Waals surface area contributed by atoms with E-state index in [-0.39, 0.29) is 6.61 Å². The van der Waals surface area contributed by atoms with Gasteiger partial charge in [0.2, 0.25) is 0 Å². The van der Waals surface area contributed by atoms with Crippen LogP contribution in [0.25, 0.3) is 90.9 Å². The summed E-state index contributed by atoms with van der Waals surface area (Å²) < 4.78 is 5.44. The minimum absolute atomic E-state index is 0.160. The number of fused-ring (bicyclic) bond motifs is 8. The summed E-state index contributed by atoms with van der Waals surface area (Å²) in [6, 6.07) is 47.8. The van der Waals surface area contributed by atoms with E-state index in [0.29, 0.717) is 5.57 Å². The predicted molar refractivity (Wildman–Crippen MR) is 225 cm³/mol. The van der Waals surface area contributed by atoms with E-state index in [1.165, 1.54) is 0 Å². The van der Waals surface area contributed by atoms with Crippen LogP contribution in [0.2, 0.25) is 0 Å². The van der Waals surface area contributed by atoms with Crippen LogP contribution < -0.4 is 0 Å². The summed E-state index contributed by atoms with van der Waals surface area (Å²) >= 11 is 0. The number of rotatable bonds is 7. The number of ether oxygens (including phenoxy) is 1. The number of aromatic amines is 2. The summed E-state index contributed by atoms with van der Waals surface area (Å²) in [7, 11) is 0. The van der Waals surface area contributed by atoms with Crippen molar-refractivity contribution in [3.8, 4) is 44.5 Å². The second-order valence-corrected chi connectivity index (χ2v) is 13.7. The van der Waals surface area contributed by atoms with Crippen molar-refractivity contribution in [2.45, 2.75) is 13.5 Å². The molecular formula is C49H36N4O2. The third kappa shape index (κ3) is 6.51. The zero-order chi connectivity index (χ0) is 37.3. The highest BCUT2D eigenvalue weighted by molar-refractivity contribution is 5.99. The van der Waals surface area contributed by atoms with Crippen LogP contribution >= 0.6 is 0 Å². The zero-order valence-corrected chi connectivity index (χ0v) is 30.2. The van der Waals surface area contributed by atoms with E-state index in [4.69, 9.17) is 14.7 Å². The molecule has 2 N–H and O–H groups in total. The number of hydrogen-bond donors (Lipinski definition) is 2. The number of aromatic nitrogens is 4. The van der Waals surface area contributed by atoms with Crippen molar-refractivity contribution in [3.05, 3.63) is 180 Å². The summed E-state index contributed by atoms with van der Waals surface area (Å²) in [5.74, 6) is -0.408. The smallest absolute Gasteiger partial charge is 0.333 e. The van der Waals surface area contributed by atoms with Gasteiger partial charge in [0.05, 0.1) is 22.8 Å². The quantitative estimate of drug-likeness (QED) is 0.127. The van der Waals surface area contributed by atoms with Gasteiger partial charge in [-0.3, -0.25) is 0 Å². The molecule has 4 aromatic carbocycles. The molecule has 0 saturated heterocycles. The number of carbonyl (C=O) groups excluding carboxylic acids is 1. The molecule has 0 unspecified atom stereocenters. The average Bonchev–Trinajstić information content (AvgIpc) is 4.07. The number of nitrogens with one attached hydrogen (secondary N) is 2. The topological polar surface area (TPSA) is 83.7 Å². The minimum atomic E-state index is -0.408. The van der Waals surface area contributed by atoms with E-state index in [2.05, 4.69) is 150 Å². The second kappa shape index (κ2) is 14.3. The molecule has 3 aromatic heterocycles. The Labute approximate surface area is 318 Å². The largest absolute Gasteiger partial charge is 0.457 e. The number of benzene rings is 4. The zero-order valence-electron chi connectivity index (χ0n) is 30.2. The number of nitrogens with zero attached hydrogens (tertiary/aromatic N) is 2. The van der Waals surface area contributed by atoms with Gasteiger partial charge in [-0.15, -0.1) is 0 Å². The molecule has 2 aliphatic rings. The standard InChI is InChI=1S/C49H36N4O2/c1-31(2)49(54)55-30-32-18-20-36(21-19-32)48-43-28-26-41(52-43)46(34-14-8-4-9-15-34)39-24-22-37(50-39)45(33-12-6-3-7-13-33)38-23-25-40(51-38)47(35-16-10-5-11-17-35)42-27-29-44(48)53-42/h3-29,50,53H,1,30H2,2H3. The molecule has 2 aliphatic heterocycles. The summed E-state index contributed by atoms with van der Waals surface area (Å²) in [5, 5.41) is 0. The lowest BCUT2D eigenvalue weighted by Crippen LogP contribution is -2.04. The Morgan fingerprint density at radius 2 is 0.818 bits per heavy atom. The molecule has 9 rings (SSSR count). The van der Waals surface area contributed by atoms with Gasteiger partial charge in [0.25, 0.3) is 0 Å². The van der Waals surface area contributed by atoms with E-state index in [1.807, 2.05) is 30.3 Å². The Morgan fingerprint density at radius 1 is 0.491 bits per heavy atom. The first kappa shape index (κ1) is 33.5. The van der Waals surface area contributed by atoms with Gasteiger partial charge in [0.1, 0.15) is 6.61 Å². The molecule has 0 radical (unpaired) electrons. The molecule has 7 aromatic rings. The van der Waals surface area contributed by atoms with Crippen LogP contribution in [0, 0.1) is 0 Å². The van der Waals surface area contributed by atoms with Gasteiger partial charge in [-0.25, -0.2) is 14.8 Å². The Hall–Kier alpha value is -7.31. The van der Waals surface area contributed by atoms with Crippen molar-refractivity contribution in [1.82, 2.24) is 19.9 Å². The molecule has 0 saturated carbocycles. The number of esters is 1. The normalized spacial score (nSPS) is 11.8. The Balaban J connectivity index is 1.37. The van der Waals surface area contributed by atoms with Gasteiger partial charge in [-0.1, -0.05) is 122 Å². The lowest BCUT2D eigenvalue weighted by molar-refractivity contribution is -0.140. The van der Waals surface area contributed by atoms with E-state index < -0.39 is 5.97 Å². The Kier molecular flexibility index (Phi) is 8.69. The molecule has 0 amide bonds. The van der Waals surface area contributed by atoms with Gasteiger partial charge >= 0.3 is 5.97 Å². The summed E-state index contributed by atoms with van der Waals surface area (Å²) in [6.07, 6.45) is 8.41. The monoisotopic (exact) mass is 712 g/mol. The molecule has 55 heavy (non-hydrogen) atoms. The second-order valence-electron chi connectivity index (χ2n) is 13.7. The fourth-order valence-corrected chi connectivity index (χ4v) is 7.27. The molecule has 0 aliphatic carbocycles. The minimum Gasteiger partial charge on any atom is -0.457 e. The van der Waals surface area contributed by atoms with E-state index in [1.54, 1.807) is 6.92 Å². The molecule has 8 bridgehead atoms. The molecule has 0 spiro atoms. The van der Waals surface area contributed by atoms with Gasteiger partial charge in [0.15, 0.2) is 0 Å². The Bertz CT molecular complexity index is 2790. The SMILES string of the molecule is C=C(C)C(=O)OCc1ccc(-c2c3nc(c(-c4ccccc4)c4ccc([nH]4)c(-c4ccccc4)c4nc(c(-c5ccccc5)c5ccc2[nH]5)C=C4)C=C3)cc1. The molecule has 0 fully saturated rings. The molecule has 6 nitrogen and oxygen atoms in total. The average molecular weight is 713 g/mol. The number of H-pyrrole nitrogens is 2. The van der Waals surface area contributed by atoms with Gasteiger partial charge in [-0.2, -0.15) is 0 Å². The summed E-state index contributed by atoms with van der Waals surface area (Å²) in [4.78, 5) is 30.4. The number of hydrogen-bond acceptors (Lipinski definition) is 4. The highest BCUT2D eigenvalue weighted by Gasteiger charge is 2.19. The maximum absolute atomic E-state index is 12.1. The van der Waals surface area contributed by atoms with Crippen LogP contribution in [0.1, 0.15) is 35.3 Å². The van der Waals surface area contributed by atoms with Gasteiger partial charge in [0, 0.05) is 49.9 Å². The van der Waals surface area contributed by atoms with Crippen molar-refractivity contribution < 1.29 is 9.53 Å². The lowest BCUT2D eigenvalue weighted by Gasteiger charge is -2.08. The molecule has 6 heteroatoms. The van der Waals surface area contributed by atoms with Crippen LogP contribution in [0.4, 0.5) is 0 Å². The molecular weight excluding hydrogens is 677 g/mol. The highest BCUT2D eigenvalue weighted by atomic mass is 16.5. The lowest BCUT2D eigenvalue weighted by atomic mass is 10.0. The third-order valence-corrected chi connectivity index (χ3v) is 9.90. The first-order valence-corrected chi connectivity index (χ1v) is 18.2. The van der Waals surface area contributed by atoms with E-state index >= 15 is 0 Å². The third-order valence-electron chi connectivity index (χ3n) is 9.90. The molecule has 0 atom stereocenters. The van der Waals surface area contributed by atoms with Crippen LogP contribution in [0.15, 0.2) is 152 Å². The van der Waals surface area contributed by atoms with Crippen molar-refractivity contribution in [1.29, 1.82) is 0 Å². The fourth-order valence-electron chi connectivity index (χ4n) is 7.27. The van der Waals surface area contributed by atoms with Crippen molar-refractivity contribution in [2.75, 3.05) is 0 Å². The maximum atomic E-state index is 12.1. The molecule has 5 heterocycles.